The number of carbonyl (C=O) groups is 1. The Labute approximate surface area is 100 Å². The Bertz CT molecular complexity index is 385. The lowest BCUT2D eigenvalue weighted by Gasteiger charge is -2.03. The summed E-state index contributed by atoms with van der Waals surface area (Å²) in [5, 5.41) is 9.65. The van der Waals surface area contributed by atoms with E-state index in [2.05, 4.69) is 34.6 Å². The summed E-state index contributed by atoms with van der Waals surface area (Å²) in [5.41, 5.74) is 0. The number of nitrogens with one attached hydrogen (secondary N) is 2. The molecule has 1 aromatic heterocycles. The van der Waals surface area contributed by atoms with Gasteiger partial charge in [-0.25, -0.2) is 0 Å². The highest BCUT2D eigenvalue weighted by Gasteiger charge is 2.25. The molecular weight excluding hydrogens is 220 g/mol. The summed E-state index contributed by atoms with van der Waals surface area (Å²) in [4.78, 5) is 15.6. The van der Waals surface area contributed by atoms with Crippen molar-refractivity contribution in [1.82, 2.24) is 20.8 Å². The Morgan fingerprint density at radius 3 is 2.94 bits per heavy atom. The maximum Gasteiger partial charge on any atom is 0.292 e. The molecule has 1 aliphatic rings. The first kappa shape index (κ1) is 12.0. The lowest BCUT2D eigenvalue weighted by molar-refractivity contribution is 0.0937. The molecule has 0 aromatic carbocycles. The lowest BCUT2D eigenvalue weighted by atomic mass is 10.2. The van der Waals surface area contributed by atoms with Crippen LogP contribution in [0.5, 0.6) is 0 Å². The van der Waals surface area contributed by atoms with Crippen LogP contribution in [-0.2, 0) is 6.54 Å². The fraction of sp³-hybridized carbons (Fsp3) is 0.727. The van der Waals surface area contributed by atoms with E-state index in [1.54, 1.807) is 0 Å². The second-order valence-electron chi connectivity index (χ2n) is 4.78. The SMILES string of the molecule is CC(C)CNCc1nc(C(=O)NC2CC2)no1. The van der Waals surface area contributed by atoms with Crippen molar-refractivity contribution in [3.05, 3.63) is 11.7 Å². The molecule has 0 bridgehead atoms. The molecule has 2 N–H and O–H groups in total. The maximum atomic E-state index is 11.6. The van der Waals surface area contributed by atoms with Gasteiger partial charge < -0.3 is 15.2 Å². The van der Waals surface area contributed by atoms with Gasteiger partial charge in [0.2, 0.25) is 5.89 Å². The van der Waals surface area contributed by atoms with Gasteiger partial charge in [-0.3, -0.25) is 4.79 Å². The van der Waals surface area contributed by atoms with Gasteiger partial charge in [0.15, 0.2) is 0 Å². The molecule has 1 aromatic rings. The highest BCUT2D eigenvalue weighted by molar-refractivity contribution is 5.90. The third kappa shape index (κ3) is 3.81. The zero-order chi connectivity index (χ0) is 12.3. The molecule has 1 amide bonds. The lowest BCUT2D eigenvalue weighted by Crippen LogP contribution is -2.26. The smallest absolute Gasteiger partial charge is 0.292 e. The number of aromatic nitrogens is 2. The summed E-state index contributed by atoms with van der Waals surface area (Å²) >= 11 is 0. The van der Waals surface area contributed by atoms with Crippen molar-refractivity contribution in [2.45, 2.75) is 39.3 Å². The summed E-state index contributed by atoms with van der Waals surface area (Å²) in [6.07, 6.45) is 2.10. The van der Waals surface area contributed by atoms with Gasteiger partial charge in [0, 0.05) is 6.04 Å². The highest BCUT2D eigenvalue weighted by atomic mass is 16.5. The molecule has 6 heteroatoms. The van der Waals surface area contributed by atoms with Gasteiger partial charge in [-0.1, -0.05) is 19.0 Å². The largest absolute Gasteiger partial charge is 0.346 e. The Hall–Kier alpha value is -1.43. The van der Waals surface area contributed by atoms with E-state index >= 15 is 0 Å². The van der Waals surface area contributed by atoms with E-state index in [4.69, 9.17) is 4.52 Å². The molecule has 0 unspecified atom stereocenters. The molecule has 17 heavy (non-hydrogen) atoms. The van der Waals surface area contributed by atoms with Crippen LogP contribution in [0.25, 0.3) is 0 Å². The van der Waals surface area contributed by atoms with Crippen molar-refractivity contribution >= 4 is 5.91 Å². The number of rotatable bonds is 6. The van der Waals surface area contributed by atoms with Crippen molar-refractivity contribution in [2.24, 2.45) is 5.92 Å². The van der Waals surface area contributed by atoms with Gasteiger partial charge in [0.25, 0.3) is 11.7 Å². The van der Waals surface area contributed by atoms with Crippen LogP contribution in [0.4, 0.5) is 0 Å². The number of hydrogen-bond donors (Lipinski definition) is 2. The summed E-state index contributed by atoms with van der Waals surface area (Å²) < 4.78 is 4.99. The third-order valence-electron chi connectivity index (χ3n) is 2.41. The minimum Gasteiger partial charge on any atom is -0.346 e. The van der Waals surface area contributed by atoms with E-state index in [-0.39, 0.29) is 11.7 Å². The fourth-order valence-corrected chi connectivity index (χ4v) is 1.36. The Kier molecular flexibility index (Phi) is 3.73. The second-order valence-corrected chi connectivity index (χ2v) is 4.78. The van der Waals surface area contributed by atoms with Crippen molar-refractivity contribution in [3.63, 3.8) is 0 Å². The average Bonchev–Trinajstić information content (AvgIpc) is 2.94. The Morgan fingerprint density at radius 1 is 1.53 bits per heavy atom. The quantitative estimate of drug-likeness (QED) is 0.763. The molecule has 0 aliphatic heterocycles. The van der Waals surface area contributed by atoms with E-state index in [1.165, 1.54) is 0 Å². The number of nitrogens with zero attached hydrogens (tertiary/aromatic N) is 2. The zero-order valence-corrected chi connectivity index (χ0v) is 10.2. The van der Waals surface area contributed by atoms with Gasteiger partial charge in [-0.2, -0.15) is 4.98 Å². The van der Waals surface area contributed by atoms with Gasteiger partial charge >= 0.3 is 0 Å². The van der Waals surface area contributed by atoms with Crippen LogP contribution in [0, 0.1) is 5.92 Å². The molecule has 1 aliphatic carbocycles. The van der Waals surface area contributed by atoms with Crippen molar-refractivity contribution < 1.29 is 9.32 Å². The summed E-state index contributed by atoms with van der Waals surface area (Å²) in [6, 6.07) is 0.309. The van der Waals surface area contributed by atoms with Crippen molar-refractivity contribution in [1.29, 1.82) is 0 Å². The van der Waals surface area contributed by atoms with Gasteiger partial charge in [0.1, 0.15) is 0 Å². The first-order valence-electron chi connectivity index (χ1n) is 5.99. The van der Waals surface area contributed by atoms with Crippen molar-refractivity contribution in [3.8, 4) is 0 Å². The van der Waals surface area contributed by atoms with Gasteiger partial charge in [-0.05, 0) is 25.3 Å². The van der Waals surface area contributed by atoms with E-state index in [0.717, 1.165) is 19.4 Å². The zero-order valence-electron chi connectivity index (χ0n) is 10.2. The van der Waals surface area contributed by atoms with Crippen LogP contribution in [0.3, 0.4) is 0 Å². The van der Waals surface area contributed by atoms with Crippen LogP contribution >= 0.6 is 0 Å². The van der Waals surface area contributed by atoms with E-state index < -0.39 is 0 Å². The molecule has 0 radical (unpaired) electrons. The van der Waals surface area contributed by atoms with Crippen LogP contribution < -0.4 is 10.6 Å². The van der Waals surface area contributed by atoms with Gasteiger partial charge in [-0.15, -0.1) is 0 Å². The van der Waals surface area contributed by atoms with Crippen LogP contribution in [0.2, 0.25) is 0 Å². The summed E-state index contributed by atoms with van der Waals surface area (Å²) in [6.45, 7) is 5.62. The molecule has 0 spiro atoms. The topological polar surface area (TPSA) is 80.0 Å². The molecule has 1 heterocycles. The fourth-order valence-electron chi connectivity index (χ4n) is 1.36. The number of hydrogen-bond acceptors (Lipinski definition) is 5. The first-order valence-corrected chi connectivity index (χ1v) is 5.99. The van der Waals surface area contributed by atoms with E-state index in [9.17, 15) is 4.79 Å². The van der Waals surface area contributed by atoms with Crippen LogP contribution in [0.1, 0.15) is 43.2 Å². The van der Waals surface area contributed by atoms with E-state index in [0.29, 0.717) is 24.4 Å². The molecule has 1 fully saturated rings. The Balaban J connectivity index is 1.80. The minimum absolute atomic E-state index is 0.123. The molecule has 1 saturated carbocycles. The first-order chi connectivity index (χ1) is 8.15. The van der Waals surface area contributed by atoms with E-state index in [1.807, 2.05) is 0 Å². The highest BCUT2D eigenvalue weighted by Crippen LogP contribution is 2.18. The normalized spacial score (nSPS) is 15.2. The minimum atomic E-state index is -0.244. The predicted octanol–water partition coefficient (Wildman–Crippen LogP) is 0.707. The van der Waals surface area contributed by atoms with Crippen LogP contribution in [-0.4, -0.2) is 28.6 Å². The second kappa shape index (κ2) is 5.27. The summed E-state index contributed by atoms with van der Waals surface area (Å²) in [7, 11) is 0. The standard InChI is InChI=1S/C11H18N4O2/c1-7(2)5-12-6-9-14-10(15-17-9)11(16)13-8-3-4-8/h7-8,12H,3-6H2,1-2H3,(H,13,16). The maximum absolute atomic E-state index is 11.6. The van der Waals surface area contributed by atoms with Crippen molar-refractivity contribution in [2.75, 3.05) is 6.54 Å². The predicted molar refractivity (Wildman–Crippen MR) is 61.3 cm³/mol. The third-order valence-corrected chi connectivity index (χ3v) is 2.41. The molecule has 2 rings (SSSR count). The van der Waals surface area contributed by atoms with Gasteiger partial charge in [0.05, 0.1) is 6.54 Å². The molecule has 0 saturated heterocycles. The number of carbonyl (C=O) groups excluding carboxylic acids is 1. The molecule has 6 nitrogen and oxygen atoms in total. The molecule has 94 valence electrons. The molecule has 0 atom stereocenters. The average molecular weight is 238 g/mol. The Morgan fingerprint density at radius 2 is 2.29 bits per heavy atom. The molecular formula is C11H18N4O2. The summed E-state index contributed by atoms with van der Waals surface area (Å²) in [5.74, 6) is 0.895. The number of amides is 1. The monoisotopic (exact) mass is 238 g/mol. The van der Waals surface area contributed by atoms with Crippen LogP contribution in [0.15, 0.2) is 4.52 Å².